The van der Waals surface area contributed by atoms with Crippen molar-refractivity contribution in [2.45, 2.75) is 34.1 Å². The first-order chi connectivity index (χ1) is 7.56. The Morgan fingerprint density at radius 3 is 2.19 bits per heavy atom. The van der Waals surface area contributed by atoms with Gasteiger partial charge in [-0.15, -0.1) is 0 Å². The van der Waals surface area contributed by atoms with Crippen molar-refractivity contribution in [3.05, 3.63) is 0 Å². The molecule has 0 spiro atoms. The third-order valence-electron chi connectivity index (χ3n) is 2.46. The van der Waals surface area contributed by atoms with Crippen molar-refractivity contribution in [1.82, 2.24) is 4.90 Å². The summed E-state index contributed by atoms with van der Waals surface area (Å²) in [6.45, 7) is 14.5. The van der Waals surface area contributed by atoms with Crippen LogP contribution in [0.3, 0.4) is 0 Å². The molecule has 0 aromatic carbocycles. The van der Waals surface area contributed by atoms with Gasteiger partial charge in [-0.1, -0.05) is 27.7 Å². The molecule has 0 aliphatic carbocycles. The van der Waals surface area contributed by atoms with E-state index >= 15 is 0 Å². The number of nitrogens with two attached hydrogens (primary N) is 1. The molecule has 0 heterocycles. The van der Waals surface area contributed by atoms with Crippen molar-refractivity contribution >= 4 is 0 Å². The number of rotatable bonds is 10. The van der Waals surface area contributed by atoms with Gasteiger partial charge in [0, 0.05) is 32.8 Å². The summed E-state index contributed by atoms with van der Waals surface area (Å²) in [6, 6.07) is 0. The second-order valence-electron chi connectivity index (χ2n) is 5.28. The van der Waals surface area contributed by atoms with E-state index < -0.39 is 0 Å². The van der Waals surface area contributed by atoms with Gasteiger partial charge in [0.25, 0.3) is 0 Å². The molecule has 0 saturated carbocycles. The van der Waals surface area contributed by atoms with Gasteiger partial charge in [0.05, 0.1) is 6.61 Å². The smallest absolute Gasteiger partial charge is 0.0593 e. The topological polar surface area (TPSA) is 38.5 Å². The number of hydrogen-bond acceptors (Lipinski definition) is 3. The minimum Gasteiger partial charge on any atom is -0.380 e. The lowest BCUT2D eigenvalue weighted by molar-refractivity contribution is 0.0933. The Morgan fingerprint density at radius 2 is 1.69 bits per heavy atom. The predicted molar refractivity (Wildman–Crippen MR) is 70.6 cm³/mol. The molecule has 0 radical (unpaired) electrons. The molecule has 3 heteroatoms. The van der Waals surface area contributed by atoms with Crippen LogP contribution < -0.4 is 5.73 Å². The molecule has 3 nitrogen and oxygen atoms in total. The standard InChI is InChI=1S/C13H30N2O/c1-12(2)5-9-16-10-8-15(7-6-14)11-13(3)4/h12-13H,5-11,14H2,1-4H3. The summed E-state index contributed by atoms with van der Waals surface area (Å²) < 4.78 is 5.62. The van der Waals surface area contributed by atoms with Crippen molar-refractivity contribution in [2.75, 3.05) is 39.4 Å². The molecular weight excluding hydrogens is 200 g/mol. The molecular formula is C13H30N2O. The Balaban J connectivity index is 3.51. The summed E-state index contributed by atoms with van der Waals surface area (Å²) in [5.74, 6) is 1.43. The van der Waals surface area contributed by atoms with Gasteiger partial charge in [-0.3, -0.25) is 4.90 Å². The predicted octanol–water partition coefficient (Wildman–Crippen LogP) is 1.97. The highest BCUT2D eigenvalue weighted by atomic mass is 16.5. The lowest BCUT2D eigenvalue weighted by Gasteiger charge is -2.23. The largest absolute Gasteiger partial charge is 0.380 e. The third kappa shape index (κ3) is 10.4. The van der Waals surface area contributed by atoms with Crippen LogP contribution in [0.4, 0.5) is 0 Å². The Kier molecular flexibility index (Phi) is 9.99. The zero-order valence-corrected chi connectivity index (χ0v) is 11.5. The van der Waals surface area contributed by atoms with Gasteiger partial charge in [-0.2, -0.15) is 0 Å². The van der Waals surface area contributed by atoms with E-state index in [2.05, 4.69) is 32.6 Å². The first kappa shape index (κ1) is 15.9. The van der Waals surface area contributed by atoms with E-state index in [9.17, 15) is 0 Å². The molecule has 0 aromatic rings. The highest BCUT2D eigenvalue weighted by Crippen LogP contribution is 2.00. The first-order valence-corrected chi connectivity index (χ1v) is 6.56. The van der Waals surface area contributed by atoms with Gasteiger partial charge >= 0.3 is 0 Å². The monoisotopic (exact) mass is 230 g/mol. The summed E-state index contributed by atoms with van der Waals surface area (Å²) in [6.07, 6.45) is 1.15. The maximum absolute atomic E-state index is 5.62. The Hall–Kier alpha value is -0.120. The van der Waals surface area contributed by atoms with Crippen LogP contribution in [0, 0.1) is 11.8 Å². The van der Waals surface area contributed by atoms with Crippen LogP contribution in [0.1, 0.15) is 34.1 Å². The van der Waals surface area contributed by atoms with Crippen molar-refractivity contribution in [3.63, 3.8) is 0 Å². The molecule has 16 heavy (non-hydrogen) atoms. The lowest BCUT2D eigenvalue weighted by Crippen LogP contribution is -2.35. The van der Waals surface area contributed by atoms with Gasteiger partial charge in [-0.25, -0.2) is 0 Å². The third-order valence-corrected chi connectivity index (χ3v) is 2.46. The second-order valence-corrected chi connectivity index (χ2v) is 5.28. The molecule has 98 valence electrons. The van der Waals surface area contributed by atoms with Gasteiger partial charge in [0.1, 0.15) is 0 Å². The Labute approximate surface area is 101 Å². The van der Waals surface area contributed by atoms with E-state index in [1.54, 1.807) is 0 Å². The van der Waals surface area contributed by atoms with E-state index in [-0.39, 0.29) is 0 Å². The summed E-state index contributed by atoms with van der Waals surface area (Å²) in [5.41, 5.74) is 5.59. The van der Waals surface area contributed by atoms with Gasteiger partial charge < -0.3 is 10.5 Å². The zero-order valence-electron chi connectivity index (χ0n) is 11.5. The fourth-order valence-corrected chi connectivity index (χ4v) is 1.61. The molecule has 0 aromatic heterocycles. The highest BCUT2D eigenvalue weighted by molar-refractivity contribution is 4.60. The van der Waals surface area contributed by atoms with Crippen LogP contribution in [0.5, 0.6) is 0 Å². The van der Waals surface area contributed by atoms with E-state index in [1.807, 2.05) is 0 Å². The fourth-order valence-electron chi connectivity index (χ4n) is 1.61. The molecule has 0 unspecified atom stereocenters. The van der Waals surface area contributed by atoms with Crippen LogP contribution in [0.15, 0.2) is 0 Å². The summed E-state index contributed by atoms with van der Waals surface area (Å²) in [7, 11) is 0. The quantitative estimate of drug-likeness (QED) is 0.583. The molecule has 0 bridgehead atoms. The fraction of sp³-hybridized carbons (Fsp3) is 1.00. The number of ether oxygens (including phenoxy) is 1. The molecule has 0 amide bonds. The molecule has 0 atom stereocenters. The van der Waals surface area contributed by atoms with E-state index in [0.29, 0.717) is 5.92 Å². The van der Waals surface area contributed by atoms with E-state index in [0.717, 1.165) is 51.7 Å². The molecule has 0 saturated heterocycles. The molecule has 0 fully saturated rings. The number of nitrogens with zero attached hydrogens (tertiary/aromatic N) is 1. The van der Waals surface area contributed by atoms with Crippen LogP contribution >= 0.6 is 0 Å². The maximum Gasteiger partial charge on any atom is 0.0593 e. The van der Waals surface area contributed by atoms with Crippen LogP contribution in [-0.2, 0) is 4.74 Å². The average molecular weight is 230 g/mol. The summed E-state index contributed by atoms with van der Waals surface area (Å²) >= 11 is 0. The van der Waals surface area contributed by atoms with Crippen LogP contribution in [0.25, 0.3) is 0 Å². The minimum absolute atomic E-state index is 0.696. The van der Waals surface area contributed by atoms with Gasteiger partial charge in [0.2, 0.25) is 0 Å². The average Bonchev–Trinajstić information content (AvgIpc) is 2.16. The maximum atomic E-state index is 5.62. The van der Waals surface area contributed by atoms with Crippen molar-refractivity contribution < 1.29 is 4.74 Å². The first-order valence-electron chi connectivity index (χ1n) is 6.56. The molecule has 2 N–H and O–H groups in total. The highest BCUT2D eigenvalue weighted by Gasteiger charge is 2.05. The van der Waals surface area contributed by atoms with E-state index in [4.69, 9.17) is 10.5 Å². The van der Waals surface area contributed by atoms with Gasteiger partial charge in [-0.05, 0) is 18.3 Å². The molecule has 0 aliphatic rings. The molecule has 0 aliphatic heterocycles. The minimum atomic E-state index is 0.696. The second kappa shape index (κ2) is 10.1. The van der Waals surface area contributed by atoms with Crippen molar-refractivity contribution in [1.29, 1.82) is 0 Å². The lowest BCUT2D eigenvalue weighted by atomic mass is 10.1. The zero-order chi connectivity index (χ0) is 12.4. The van der Waals surface area contributed by atoms with E-state index in [1.165, 1.54) is 0 Å². The summed E-state index contributed by atoms with van der Waals surface area (Å²) in [4.78, 5) is 2.39. The number of hydrogen-bond donors (Lipinski definition) is 1. The van der Waals surface area contributed by atoms with Crippen molar-refractivity contribution in [2.24, 2.45) is 17.6 Å². The van der Waals surface area contributed by atoms with Crippen molar-refractivity contribution in [3.8, 4) is 0 Å². The van der Waals surface area contributed by atoms with Crippen LogP contribution in [-0.4, -0.2) is 44.3 Å². The Bertz CT molecular complexity index is 149. The SMILES string of the molecule is CC(C)CCOCCN(CCN)CC(C)C. The normalized spacial score (nSPS) is 12.0. The van der Waals surface area contributed by atoms with Crippen LogP contribution in [0.2, 0.25) is 0 Å². The summed E-state index contributed by atoms with van der Waals surface area (Å²) in [5, 5.41) is 0. The Morgan fingerprint density at radius 1 is 1.00 bits per heavy atom. The molecule has 0 rings (SSSR count). The van der Waals surface area contributed by atoms with Gasteiger partial charge in [0.15, 0.2) is 0 Å².